The summed E-state index contributed by atoms with van der Waals surface area (Å²) in [5, 5.41) is 3.41. The predicted molar refractivity (Wildman–Crippen MR) is 80.6 cm³/mol. The van der Waals surface area contributed by atoms with Crippen LogP contribution in [0.25, 0.3) is 0 Å². The first-order valence-electron chi connectivity index (χ1n) is 6.74. The highest BCUT2D eigenvalue weighted by molar-refractivity contribution is 5.85. The molecule has 1 fully saturated rings. The van der Waals surface area contributed by atoms with Gasteiger partial charge in [0.1, 0.15) is 12.4 Å². The zero-order chi connectivity index (χ0) is 12.8. The van der Waals surface area contributed by atoms with Crippen LogP contribution in [-0.2, 0) is 4.74 Å². The summed E-state index contributed by atoms with van der Waals surface area (Å²) in [6.07, 6.45) is 2.48. The molecule has 1 saturated heterocycles. The molecular weight excluding hydrogens is 262 g/mol. The third-order valence-corrected chi connectivity index (χ3v) is 3.58. The normalized spacial score (nSPS) is 15.9. The molecular formula is C15H24ClNO2. The molecule has 4 heteroatoms. The van der Waals surface area contributed by atoms with Crippen LogP contribution in [0.2, 0.25) is 0 Å². The van der Waals surface area contributed by atoms with E-state index in [1.165, 1.54) is 24.0 Å². The third kappa shape index (κ3) is 4.68. The lowest BCUT2D eigenvalue weighted by molar-refractivity contribution is 0.146. The van der Waals surface area contributed by atoms with Crippen molar-refractivity contribution in [1.29, 1.82) is 0 Å². The van der Waals surface area contributed by atoms with Gasteiger partial charge in [0.25, 0.3) is 0 Å². The molecule has 0 unspecified atom stereocenters. The number of hydrogen-bond acceptors (Lipinski definition) is 3. The van der Waals surface area contributed by atoms with Gasteiger partial charge in [-0.15, -0.1) is 12.4 Å². The molecule has 1 aliphatic heterocycles. The average Bonchev–Trinajstić information content (AvgIpc) is 2.40. The van der Waals surface area contributed by atoms with Crippen molar-refractivity contribution in [2.24, 2.45) is 0 Å². The Morgan fingerprint density at radius 2 is 1.95 bits per heavy atom. The van der Waals surface area contributed by atoms with E-state index < -0.39 is 0 Å². The van der Waals surface area contributed by atoms with Gasteiger partial charge in [-0.3, -0.25) is 0 Å². The van der Waals surface area contributed by atoms with Crippen molar-refractivity contribution in [2.75, 3.05) is 33.4 Å². The molecule has 108 valence electrons. The number of benzene rings is 1. The van der Waals surface area contributed by atoms with Crippen LogP contribution >= 0.6 is 12.4 Å². The number of halogens is 1. The molecule has 19 heavy (non-hydrogen) atoms. The maximum Gasteiger partial charge on any atom is 0.119 e. The Labute approximate surface area is 122 Å². The fraction of sp³-hybridized carbons (Fsp3) is 0.600. The van der Waals surface area contributed by atoms with Crippen molar-refractivity contribution < 1.29 is 9.47 Å². The van der Waals surface area contributed by atoms with Crippen LogP contribution in [0, 0.1) is 6.92 Å². The summed E-state index contributed by atoms with van der Waals surface area (Å²) < 4.78 is 10.6. The van der Waals surface area contributed by atoms with Crippen molar-refractivity contribution in [3.05, 3.63) is 29.3 Å². The summed E-state index contributed by atoms with van der Waals surface area (Å²) >= 11 is 0. The van der Waals surface area contributed by atoms with Crippen LogP contribution in [0.3, 0.4) is 0 Å². The first-order chi connectivity index (χ1) is 8.81. The maximum atomic E-state index is 5.63. The molecule has 0 bridgehead atoms. The van der Waals surface area contributed by atoms with Gasteiger partial charge in [0.15, 0.2) is 0 Å². The molecule has 1 aliphatic rings. The van der Waals surface area contributed by atoms with Gasteiger partial charge >= 0.3 is 0 Å². The van der Waals surface area contributed by atoms with Crippen LogP contribution in [0.15, 0.2) is 18.2 Å². The zero-order valence-electron chi connectivity index (χ0n) is 11.8. The molecule has 0 saturated carbocycles. The number of aryl methyl sites for hydroxylation is 1. The summed E-state index contributed by atoms with van der Waals surface area (Å²) in [6, 6.07) is 6.46. The predicted octanol–water partition coefficient (Wildman–Crippen LogP) is 2.91. The molecule has 0 spiro atoms. The smallest absolute Gasteiger partial charge is 0.119 e. The number of methoxy groups -OCH3 is 1. The molecule has 0 aromatic heterocycles. The monoisotopic (exact) mass is 285 g/mol. The van der Waals surface area contributed by atoms with Gasteiger partial charge in [-0.25, -0.2) is 0 Å². The van der Waals surface area contributed by atoms with Crippen LogP contribution in [-0.4, -0.2) is 33.4 Å². The highest BCUT2D eigenvalue weighted by Gasteiger charge is 2.16. The largest absolute Gasteiger partial charge is 0.491 e. The second-order valence-corrected chi connectivity index (χ2v) is 4.88. The fourth-order valence-corrected chi connectivity index (χ4v) is 2.57. The lowest BCUT2D eigenvalue weighted by Crippen LogP contribution is -2.26. The van der Waals surface area contributed by atoms with Crippen LogP contribution in [0.5, 0.6) is 5.75 Å². The second-order valence-electron chi connectivity index (χ2n) is 4.88. The van der Waals surface area contributed by atoms with E-state index in [0.29, 0.717) is 19.1 Å². The van der Waals surface area contributed by atoms with Gasteiger partial charge in [0.05, 0.1) is 6.61 Å². The third-order valence-electron chi connectivity index (χ3n) is 3.58. The highest BCUT2D eigenvalue weighted by atomic mass is 35.5. The standard InChI is InChI=1S/C15H23NO2.ClH/c1-12-11-14(18-10-9-17-2)3-4-15(12)13-5-7-16-8-6-13;/h3-4,11,13,16H,5-10H2,1-2H3;1H. The summed E-state index contributed by atoms with van der Waals surface area (Å²) in [6.45, 7) is 5.70. The van der Waals surface area contributed by atoms with Gasteiger partial charge in [0.2, 0.25) is 0 Å². The minimum absolute atomic E-state index is 0. The Balaban J connectivity index is 0.00000180. The van der Waals surface area contributed by atoms with Gasteiger partial charge < -0.3 is 14.8 Å². The van der Waals surface area contributed by atoms with Crippen molar-refractivity contribution in [2.45, 2.75) is 25.7 Å². The van der Waals surface area contributed by atoms with E-state index in [1.807, 2.05) is 0 Å². The molecule has 1 heterocycles. The Hall–Kier alpha value is -0.770. The molecule has 1 aromatic carbocycles. The fourth-order valence-electron chi connectivity index (χ4n) is 2.57. The maximum absolute atomic E-state index is 5.63. The first kappa shape index (κ1) is 16.3. The van der Waals surface area contributed by atoms with Crippen LogP contribution < -0.4 is 10.1 Å². The molecule has 1 N–H and O–H groups in total. The van der Waals surface area contributed by atoms with Gasteiger partial charge in [-0.05, 0) is 62.0 Å². The topological polar surface area (TPSA) is 30.5 Å². The highest BCUT2D eigenvalue weighted by Crippen LogP contribution is 2.29. The molecule has 1 aromatic rings. The van der Waals surface area contributed by atoms with Crippen molar-refractivity contribution in [1.82, 2.24) is 5.32 Å². The number of ether oxygens (including phenoxy) is 2. The molecule has 3 nitrogen and oxygen atoms in total. The van der Waals surface area contributed by atoms with Gasteiger partial charge in [-0.2, -0.15) is 0 Å². The van der Waals surface area contributed by atoms with E-state index in [1.54, 1.807) is 7.11 Å². The lowest BCUT2D eigenvalue weighted by Gasteiger charge is -2.24. The van der Waals surface area contributed by atoms with Crippen LogP contribution in [0.4, 0.5) is 0 Å². The van der Waals surface area contributed by atoms with E-state index in [2.05, 4.69) is 30.4 Å². The number of hydrogen-bond donors (Lipinski definition) is 1. The average molecular weight is 286 g/mol. The minimum Gasteiger partial charge on any atom is -0.491 e. The molecule has 0 atom stereocenters. The van der Waals surface area contributed by atoms with Gasteiger partial charge in [-0.1, -0.05) is 6.07 Å². The van der Waals surface area contributed by atoms with E-state index in [4.69, 9.17) is 9.47 Å². The molecule has 0 radical (unpaired) electrons. The molecule has 0 aliphatic carbocycles. The van der Waals surface area contributed by atoms with Gasteiger partial charge in [0, 0.05) is 7.11 Å². The summed E-state index contributed by atoms with van der Waals surface area (Å²) in [5.74, 6) is 1.65. The Kier molecular flexibility index (Phi) is 7.21. The molecule has 0 amide bonds. The second kappa shape index (κ2) is 8.41. The number of piperidine rings is 1. The van der Waals surface area contributed by atoms with Crippen molar-refractivity contribution >= 4 is 12.4 Å². The zero-order valence-corrected chi connectivity index (χ0v) is 12.6. The number of rotatable bonds is 5. The van der Waals surface area contributed by atoms with E-state index in [-0.39, 0.29) is 12.4 Å². The SMILES string of the molecule is COCCOc1ccc(C2CCNCC2)c(C)c1.Cl. The quantitative estimate of drug-likeness (QED) is 0.844. The first-order valence-corrected chi connectivity index (χ1v) is 6.74. The Morgan fingerprint density at radius 1 is 1.21 bits per heavy atom. The summed E-state index contributed by atoms with van der Waals surface area (Å²) in [5.41, 5.74) is 2.83. The molecule has 2 rings (SSSR count). The van der Waals surface area contributed by atoms with Crippen molar-refractivity contribution in [3.63, 3.8) is 0 Å². The van der Waals surface area contributed by atoms with E-state index >= 15 is 0 Å². The Morgan fingerprint density at radius 3 is 2.58 bits per heavy atom. The summed E-state index contributed by atoms with van der Waals surface area (Å²) in [7, 11) is 1.69. The summed E-state index contributed by atoms with van der Waals surface area (Å²) in [4.78, 5) is 0. The van der Waals surface area contributed by atoms with E-state index in [9.17, 15) is 0 Å². The lowest BCUT2D eigenvalue weighted by atomic mass is 9.87. The van der Waals surface area contributed by atoms with E-state index in [0.717, 1.165) is 18.8 Å². The van der Waals surface area contributed by atoms with Crippen LogP contribution in [0.1, 0.15) is 29.9 Å². The Bertz CT molecular complexity index is 378. The van der Waals surface area contributed by atoms with Crippen molar-refractivity contribution in [3.8, 4) is 5.75 Å². The number of nitrogens with one attached hydrogen (secondary N) is 1. The minimum atomic E-state index is 0.